The summed E-state index contributed by atoms with van der Waals surface area (Å²) in [4.78, 5) is -0.210. The van der Waals surface area contributed by atoms with Crippen LogP contribution in [0.5, 0.6) is 0 Å². The van der Waals surface area contributed by atoms with Gasteiger partial charge in [-0.3, -0.25) is 0 Å². The van der Waals surface area contributed by atoms with E-state index in [0.29, 0.717) is 11.8 Å². The fourth-order valence-electron chi connectivity index (χ4n) is 5.11. The molecule has 0 saturated heterocycles. The van der Waals surface area contributed by atoms with Gasteiger partial charge in [-0.25, -0.2) is 0 Å². The van der Waals surface area contributed by atoms with Crippen molar-refractivity contribution in [3.63, 3.8) is 0 Å². The molecule has 1 aliphatic heterocycles. The second-order valence-corrected chi connectivity index (χ2v) is 9.78. The van der Waals surface area contributed by atoms with E-state index >= 15 is 0 Å². The predicted molar refractivity (Wildman–Crippen MR) is 168 cm³/mol. The summed E-state index contributed by atoms with van der Waals surface area (Å²) in [6.07, 6.45) is 0. The molecule has 8 aromatic carbocycles. The van der Waals surface area contributed by atoms with Gasteiger partial charge in [0.25, 0.3) is 0 Å². The third-order valence-corrected chi connectivity index (χ3v) is 7.78. The second kappa shape index (κ2) is 7.96. The topological polar surface area (TPSA) is 0 Å². The zero-order valence-electron chi connectivity index (χ0n) is 41.4. The minimum atomic E-state index is -0.807. The summed E-state index contributed by atoms with van der Waals surface area (Å²) in [5.41, 5.74) is -2.61. The highest BCUT2D eigenvalue weighted by Gasteiger charge is 2.21. The van der Waals surface area contributed by atoms with E-state index in [1.54, 1.807) is 0 Å². The van der Waals surface area contributed by atoms with Crippen molar-refractivity contribution in [2.24, 2.45) is 0 Å². The Balaban J connectivity index is 1.58. The Hall–Kier alpha value is -4.59. The van der Waals surface area contributed by atoms with Gasteiger partial charge in [0.15, 0.2) is 0 Å². The molecule has 0 unspecified atom stereocenters. The van der Waals surface area contributed by atoms with E-state index < -0.39 is 177 Å². The van der Waals surface area contributed by atoms with E-state index in [1.807, 2.05) is 0 Å². The first-order chi connectivity index (χ1) is 28.5. The van der Waals surface area contributed by atoms with E-state index in [2.05, 4.69) is 0 Å². The minimum absolute atomic E-state index is 0.0974. The highest BCUT2D eigenvalue weighted by Crippen LogP contribution is 2.50. The summed E-state index contributed by atoms with van der Waals surface area (Å²) in [7, 11) is 0. The van der Waals surface area contributed by atoms with Crippen LogP contribution in [0.25, 0.3) is 76.5 Å². The maximum atomic E-state index is 9.44. The van der Waals surface area contributed by atoms with Gasteiger partial charge in [-0.1, -0.05) is 133 Å². The summed E-state index contributed by atoms with van der Waals surface area (Å²) in [6.45, 7) is 0. The molecule has 0 saturated carbocycles. The number of hydrogen-bond donors (Lipinski definition) is 0. The Morgan fingerprint density at radius 1 is 0.359 bits per heavy atom. The van der Waals surface area contributed by atoms with Crippen LogP contribution in [0.3, 0.4) is 0 Å². The summed E-state index contributed by atoms with van der Waals surface area (Å²) < 4.78 is 196. The van der Waals surface area contributed by atoms with E-state index in [9.17, 15) is 12.3 Å². The lowest BCUT2D eigenvalue weighted by molar-refractivity contribution is 1.40. The molecule has 39 heavy (non-hydrogen) atoms. The van der Waals surface area contributed by atoms with Crippen LogP contribution < -0.4 is 0 Å². The van der Waals surface area contributed by atoms with Crippen LogP contribution in [-0.4, -0.2) is 0 Å². The van der Waals surface area contributed by atoms with Crippen LogP contribution >= 0.6 is 11.8 Å². The van der Waals surface area contributed by atoms with E-state index in [4.69, 9.17) is 17.8 Å². The maximum absolute atomic E-state index is 9.44. The molecule has 8 aromatic rings. The van der Waals surface area contributed by atoms with Gasteiger partial charge in [0.2, 0.25) is 0 Å². The number of rotatable bonds is 2. The second-order valence-electron chi connectivity index (χ2n) is 8.76. The molecule has 0 amide bonds. The first-order valence-corrected chi connectivity index (χ1v) is 12.5. The van der Waals surface area contributed by atoms with Crippen molar-refractivity contribution >= 4 is 54.9 Å². The van der Waals surface area contributed by atoms with Gasteiger partial charge in [-0.05, 0) is 83.2 Å². The summed E-state index contributed by atoms with van der Waals surface area (Å²) in [5, 5.41) is -2.85. The number of hydrogen-bond acceptors (Lipinski definition) is 1. The summed E-state index contributed by atoms with van der Waals surface area (Å²) in [5.74, 6) is 0. The molecule has 9 rings (SSSR count). The molecule has 0 aromatic heterocycles. The average molecular weight is 533 g/mol. The Labute approximate surface area is 261 Å². The molecular weight excluding hydrogens is 488 g/mol. The van der Waals surface area contributed by atoms with Crippen LogP contribution in [-0.2, 0) is 0 Å². The van der Waals surface area contributed by atoms with Crippen molar-refractivity contribution < 1.29 is 30.2 Å². The molecule has 1 heterocycles. The Morgan fingerprint density at radius 2 is 0.949 bits per heavy atom. The van der Waals surface area contributed by atoms with Gasteiger partial charge in [0.1, 0.15) is 0 Å². The van der Waals surface area contributed by atoms with Crippen LogP contribution in [0.15, 0.2) is 143 Å². The van der Waals surface area contributed by atoms with Crippen molar-refractivity contribution in [3.05, 3.63) is 133 Å². The van der Waals surface area contributed by atoms with Gasteiger partial charge >= 0.3 is 0 Å². The molecule has 180 valence electrons. The highest BCUT2D eigenvalue weighted by molar-refractivity contribution is 7.99. The Kier molecular flexibility index (Phi) is 1.89. The minimum Gasteiger partial charge on any atom is -0.0888 e. The van der Waals surface area contributed by atoms with Crippen LogP contribution in [0, 0.1) is 0 Å². The molecule has 1 aliphatic rings. The van der Waals surface area contributed by atoms with Gasteiger partial charge in [0.05, 0.1) is 30.2 Å². The third-order valence-electron chi connectivity index (χ3n) is 6.76. The van der Waals surface area contributed by atoms with Crippen LogP contribution in [0.1, 0.15) is 30.2 Å². The maximum Gasteiger partial charge on any atom is 0.0635 e. The van der Waals surface area contributed by atoms with Gasteiger partial charge in [0, 0.05) is 15.2 Å². The van der Waals surface area contributed by atoms with Crippen molar-refractivity contribution in [1.29, 1.82) is 0 Å². The molecule has 0 nitrogen and oxygen atoms in total. The smallest absolute Gasteiger partial charge is 0.0635 e. The molecule has 0 spiro atoms. The standard InChI is InChI=1S/C38H22S/c1-2-7-23(8-3-1)26-17-13-24-16-20-33-27(18-14-25-15-19-32(26)36(24)37(25)33)28-21-22-35-38-30(28)10-6-11-31(38)29-9-4-5-12-34(29)39-35/h1-22H/i1D,2D,3D,4D,5D,6D,7D,8D,9D,10D,11D,12D,13D,14D,15D,16D,17D,18D,19D,20D,21D,22D. The van der Waals surface area contributed by atoms with Crippen molar-refractivity contribution in [1.82, 2.24) is 0 Å². The average Bonchev–Trinajstić information content (AvgIpc) is 3.23. The molecule has 0 bridgehead atoms. The summed E-state index contributed by atoms with van der Waals surface area (Å²) >= 11 is 0.690. The first-order valence-electron chi connectivity index (χ1n) is 22.7. The Morgan fingerprint density at radius 3 is 1.74 bits per heavy atom. The number of fused-ring (bicyclic) bond motifs is 2. The fraction of sp³-hybridized carbons (Fsp3) is 0. The quantitative estimate of drug-likeness (QED) is 0.199. The van der Waals surface area contributed by atoms with Crippen molar-refractivity contribution in [3.8, 4) is 33.4 Å². The lowest BCUT2D eigenvalue weighted by atomic mass is 9.86. The highest BCUT2D eigenvalue weighted by atomic mass is 32.2. The SMILES string of the molecule is [2H]c1c([2H])c([2H])c(-c2c([2H])c([2H])c3c([2H])c([2H])c4c(-c5c([2H])c([2H])c6c7c(c([2H])c([2H])c([2H])c57)-c5c([2H])c([2H])c([2H])c([2H])c5S6)c([2H])c([2H])c5c([2H])c([2H])c2c3c54)c([2H])c1[2H]. The van der Waals surface area contributed by atoms with Crippen molar-refractivity contribution in [2.75, 3.05) is 0 Å². The molecule has 0 radical (unpaired) electrons. The molecule has 1 heteroatoms. The molecule has 0 atom stereocenters. The normalized spacial score (nSPS) is 20.4. The van der Waals surface area contributed by atoms with Gasteiger partial charge < -0.3 is 0 Å². The van der Waals surface area contributed by atoms with E-state index in [1.165, 1.54) is 0 Å². The zero-order valence-corrected chi connectivity index (χ0v) is 20.2. The zero-order chi connectivity index (χ0) is 44.6. The molecule has 0 N–H and O–H groups in total. The number of benzene rings is 8. The molecule has 0 aliphatic carbocycles. The van der Waals surface area contributed by atoms with E-state index in [0.717, 1.165) is 0 Å². The predicted octanol–water partition coefficient (Wildman–Crippen LogP) is 11.2. The lowest BCUT2D eigenvalue weighted by Gasteiger charge is -2.22. The Bertz CT molecular complexity index is 3440. The van der Waals surface area contributed by atoms with Crippen molar-refractivity contribution in [2.45, 2.75) is 9.79 Å². The lowest BCUT2D eigenvalue weighted by Crippen LogP contribution is -1.94. The third kappa shape index (κ3) is 2.97. The van der Waals surface area contributed by atoms with Crippen LogP contribution in [0.4, 0.5) is 0 Å². The molecular formula is C38H22S. The fourth-order valence-corrected chi connectivity index (χ4v) is 6.08. The monoisotopic (exact) mass is 532 g/mol. The summed E-state index contributed by atoms with van der Waals surface area (Å²) in [6, 6.07) is -16.0. The molecule has 0 fully saturated rings. The van der Waals surface area contributed by atoms with Gasteiger partial charge in [-0.15, -0.1) is 0 Å². The van der Waals surface area contributed by atoms with E-state index in [-0.39, 0.29) is 42.5 Å². The van der Waals surface area contributed by atoms with Crippen LogP contribution in [0.2, 0.25) is 0 Å². The van der Waals surface area contributed by atoms with Gasteiger partial charge in [-0.2, -0.15) is 0 Å². The first kappa shape index (κ1) is 9.26. The largest absolute Gasteiger partial charge is 0.0888 e.